The molecule has 0 spiro atoms. The first-order chi connectivity index (χ1) is 12.7. The summed E-state index contributed by atoms with van der Waals surface area (Å²) in [6.45, 7) is 0.776. The predicted molar refractivity (Wildman–Crippen MR) is 101 cm³/mol. The fourth-order valence-corrected chi connectivity index (χ4v) is 3.09. The van der Waals surface area contributed by atoms with Gasteiger partial charge in [0.25, 0.3) is 0 Å². The molecule has 1 heterocycles. The average molecular weight is 371 g/mol. The zero-order valence-electron chi connectivity index (χ0n) is 14.6. The van der Waals surface area contributed by atoms with Crippen molar-refractivity contribution in [3.8, 4) is 11.5 Å². The zero-order chi connectivity index (χ0) is 18.4. The largest absolute Gasteiger partial charge is 0.454 e. The predicted octanol–water partition coefficient (Wildman–Crippen LogP) is 3.46. The second-order valence-electron chi connectivity index (χ2n) is 5.94. The van der Waals surface area contributed by atoms with Gasteiger partial charge in [-0.25, -0.2) is 0 Å². The van der Waals surface area contributed by atoms with E-state index in [4.69, 9.17) is 9.47 Å². The van der Waals surface area contributed by atoms with Gasteiger partial charge in [-0.15, -0.1) is 11.8 Å². The number of fused-ring (bicyclic) bond motifs is 1. The SMILES string of the molecule is CSc1ccc(C(=O)CCC(=O)NCCc2ccc3c(c2)OCO3)cc1. The van der Waals surface area contributed by atoms with Gasteiger partial charge in [0.1, 0.15) is 0 Å². The molecule has 0 unspecified atom stereocenters. The van der Waals surface area contributed by atoms with Crippen molar-refractivity contribution < 1.29 is 19.1 Å². The number of Topliss-reactive ketones (excluding diaryl/α,β-unsaturated/α-hetero) is 1. The van der Waals surface area contributed by atoms with Gasteiger partial charge in [-0.1, -0.05) is 18.2 Å². The number of ketones is 1. The third kappa shape index (κ3) is 4.79. The average Bonchev–Trinajstić information content (AvgIpc) is 3.14. The molecule has 0 radical (unpaired) electrons. The van der Waals surface area contributed by atoms with E-state index in [1.807, 2.05) is 48.7 Å². The molecule has 3 rings (SSSR count). The Morgan fingerprint density at radius 1 is 1.04 bits per heavy atom. The fraction of sp³-hybridized carbons (Fsp3) is 0.300. The van der Waals surface area contributed by atoms with Crippen molar-refractivity contribution in [2.45, 2.75) is 24.2 Å². The maximum atomic E-state index is 12.1. The maximum absolute atomic E-state index is 12.1. The monoisotopic (exact) mass is 371 g/mol. The van der Waals surface area contributed by atoms with Crippen LogP contribution in [0.5, 0.6) is 11.5 Å². The van der Waals surface area contributed by atoms with Crippen molar-refractivity contribution >= 4 is 23.5 Å². The lowest BCUT2D eigenvalue weighted by molar-refractivity contribution is -0.121. The molecule has 0 bridgehead atoms. The van der Waals surface area contributed by atoms with Gasteiger partial charge in [0.05, 0.1) is 0 Å². The minimum absolute atomic E-state index is 0.0106. The summed E-state index contributed by atoms with van der Waals surface area (Å²) in [6.07, 6.45) is 3.11. The molecule has 2 aromatic rings. The Morgan fingerprint density at radius 3 is 2.58 bits per heavy atom. The number of carbonyl (C=O) groups excluding carboxylic acids is 2. The van der Waals surface area contributed by atoms with Crippen LogP contribution in [0.1, 0.15) is 28.8 Å². The molecule has 6 heteroatoms. The van der Waals surface area contributed by atoms with Crippen molar-refractivity contribution in [1.29, 1.82) is 0 Å². The third-order valence-corrected chi connectivity index (χ3v) is 4.91. The summed E-state index contributed by atoms with van der Waals surface area (Å²) in [6, 6.07) is 13.2. The Morgan fingerprint density at radius 2 is 1.81 bits per heavy atom. The van der Waals surface area contributed by atoms with Crippen molar-refractivity contribution in [3.05, 3.63) is 53.6 Å². The number of rotatable bonds is 8. The van der Waals surface area contributed by atoms with Gasteiger partial charge >= 0.3 is 0 Å². The van der Waals surface area contributed by atoms with E-state index in [-0.39, 0.29) is 31.3 Å². The Labute approximate surface area is 157 Å². The lowest BCUT2D eigenvalue weighted by atomic mass is 10.1. The highest BCUT2D eigenvalue weighted by Crippen LogP contribution is 2.32. The van der Waals surface area contributed by atoms with Crippen molar-refractivity contribution in [2.75, 3.05) is 19.6 Å². The van der Waals surface area contributed by atoms with Crippen LogP contribution in [0.3, 0.4) is 0 Å². The second-order valence-corrected chi connectivity index (χ2v) is 6.82. The number of thioether (sulfide) groups is 1. The van der Waals surface area contributed by atoms with Crippen LogP contribution in [-0.4, -0.2) is 31.3 Å². The van der Waals surface area contributed by atoms with Crippen LogP contribution in [0.2, 0.25) is 0 Å². The molecule has 1 amide bonds. The molecule has 0 aromatic heterocycles. The van der Waals surface area contributed by atoms with E-state index in [9.17, 15) is 9.59 Å². The van der Waals surface area contributed by atoms with Crippen molar-refractivity contribution in [2.24, 2.45) is 0 Å². The minimum Gasteiger partial charge on any atom is -0.454 e. The van der Waals surface area contributed by atoms with E-state index in [1.165, 1.54) is 0 Å². The molecule has 0 aliphatic carbocycles. The first-order valence-electron chi connectivity index (χ1n) is 8.48. The van der Waals surface area contributed by atoms with Crippen LogP contribution in [0, 0.1) is 0 Å². The third-order valence-electron chi connectivity index (χ3n) is 4.16. The molecule has 136 valence electrons. The second kappa shape index (κ2) is 8.76. The molecule has 1 aliphatic heterocycles. The maximum Gasteiger partial charge on any atom is 0.231 e. The number of amides is 1. The highest BCUT2D eigenvalue weighted by atomic mass is 32.2. The van der Waals surface area contributed by atoms with Crippen LogP contribution < -0.4 is 14.8 Å². The van der Waals surface area contributed by atoms with Gasteiger partial charge in [0.15, 0.2) is 17.3 Å². The summed E-state index contributed by atoms with van der Waals surface area (Å²) >= 11 is 1.63. The summed E-state index contributed by atoms with van der Waals surface area (Å²) in [4.78, 5) is 25.2. The number of nitrogens with one attached hydrogen (secondary N) is 1. The van der Waals surface area contributed by atoms with E-state index < -0.39 is 0 Å². The number of hydrogen-bond donors (Lipinski definition) is 1. The first-order valence-corrected chi connectivity index (χ1v) is 9.70. The summed E-state index contributed by atoms with van der Waals surface area (Å²) in [5.74, 6) is 1.37. The Bertz CT molecular complexity index is 789. The van der Waals surface area contributed by atoms with Gasteiger partial charge < -0.3 is 14.8 Å². The van der Waals surface area contributed by atoms with Crippen molar-refractivity contribution in [3.63, 3.8) is 0 Å². The van der Waals surface area contributed by atoms with Crippen LogP contribution >= 0.6 is 11.8 Å². The smallest absolute Gasteiger partial charge is 0.231 e. The van der Waals surface area contributed by atoms with E-state index in [2.05, 4.69) is 5.32 Å². The number of carbonyl (C=O) groups is 2. The molecule has 1 aliphatic rings. The normalized spacial score (nSPS) is 12.0. The molecule has 0 saturated heterocycles. The first kappa shape index (κ1) is 18.3. The van der Waals surface area contributed by atoms with Crippen LogP contribution in [0.15, 0.2) is 47.4 Å². The van der Waals surface area contributed by atoms with Gasteiger partial charge in [0, 0.05) is 29.8 Å². The minimum atomic E-state index is -0.111. The number of hydrogen-bond acceptors (Lipinski definition) is 5. The van der Waals surface area contributed by atoms with Crippen LogP contribution in [0.4, 0.5) is 0 Å². The number of ether oxygens (including phenoxy) is 2. The Kier molecular flexibility index (Phi) is 6.17. The Hall–Kier alpha value is -2.47. The molecule has 0 atom stereocenters. The fourth-order valence-electron chi connectivity index (χ4n) is 2.68. The lowest BCUT2D eigenvalue weighted by Gasteiger charge is -2.06. The molecule has 1 N–H and O–H groups in total. The quantitative estimate of drug-likeness (QED) is 0.569. The van der Waals surface area contributed by atoms with Crippen LogP contribution in [0.25, 0.3) is 0 Å². The van der Waals surface area contributed by atoms with E-state index in [0.29, 0.717) is 18.5 Å². The standard InChI is InChI=1S/C20H21NO4S/c1-26-16-5-3-15(4-6-16)17(22)7-9-20(23)21-11-10-14-2-8-18-19(12-14)25-13-24-18/h2-6,8,12H,7,9-11,13H2,1H3,(H,21,23). The van der Waals surface area contributed by atoms with Crippen LogP contribution in [-0.2, 0) is 11.2 Å². The molecule has 26 heavy (non-hydrogen) atoms. The highest BCUT2D eigenvalue weighted by molar-refractivity contribution is 7.98. The summed E-state index contributed by atoms with van der Waals surface area (Å²) in [5.41, 5.74) is 1.72. The lowest BCUT2D eigenvalue weighted by Crippen LogP contribution is -2.26. The Balaban J connectivity index is 1.39. The molecule has 5 nitrogen and oxygen atoms in total. The molecule has 0 saturated carbocycles. The summed E-state index contributed by atoms with van der Waals surface area (Å²) in [7, 11) is 0. The molecular weight excluding hydrogens is 350 g/mol. The van der Waals surface area contributed by atoms with Gasteiger partial charge in [-0.3, -0.25) is 9.59 Å². The molecular formula is C20H21NO4S. The topological polar surface area (TPSA) is 64.6 Å². The molecule has 2 aromatic carbocycles. The molecule has 0 fully saturated rings. The van der Waals surface area contributed by atoms with Gasteiger partial charge in [-0.05, 0) is 42.5 Å². The zero-order valence-corrected chi connectivity index (χ0v) is 15.4. The van der Waals surface area contributed by atoms with Gasteiger partial charge in [-0.2, -0.15) is 0 Å². The highest BCUT2D eigenvalue weighted by Gasteiger charge is 2.13. The van der Waals surface area contributed by atoms with E-state index in [1.54, 1.807) is 11.8 Å². The number of benzene rings is 2. The summed E-state index contributed by atoms with van der Waals surface area (Å²) < 4.78 is 10.6. The van der Waals surface area contributed by atoms with Gasteiger partial charge in [0.2, 0.25) is 12.7 Å². The van der Waals surface area contributed by atoms with Crippen molar-refractivity contribution in [1.82, 2.24) is 5.32 Å². The van der Waals surface area contributed by atoms with E-state index >= 15 is 0 Å². The summed E-state index contributed by atoms with van der Waals surface area (Å²) in [5, 5.41) is 2.86. The van der Waals surface area contributed by atoms with E-state index in [0.717, 1.165) is 22.0 Å².